The van der Waals surface area contributed by atoms with Crippen LogP contribution in [0, 0.1) is 0 Å². The van der Waals surface area contributed by atoms with Crippen LogP contribution in [0.15, 0.2) is 24.3 Å². The Kier molecular flexibility index (Phi) is 4.69. The first-order valence-electron chi connectivity index (χ1n) is 6.76. The predicted octanol–water partition coefficient (Wildman–Crippen LogP) is 0.725. The highest BCUT2D eigenvalue weighted by Crippen LogP contribution is 2.20. The van der Waals surface area contributed by atoms with Crippen LogP contribution in [0.1, 0.15) is 19.8 Å². The van der Waals surface area contributed by atoms with E-state index in [1.807, 2.05) is 11.0 Å². The van der Waals surface area contributed by atoms with Gasteiger partial charge in [0.15, 0.2) is 0 Å². The smallest absolute Gasteiger partial charge is 0.296 e. The van der Waals surface area contributed by atoms with Crippen LogP contribution in [0.3, 0.4) is 0 Å². The highest BCUT2D eigenvalue weighted by atomic mass is 32.2. The number of nitrogens with one attached hydrogen (secondary N) is 2. The molecule has 1 aliphatic rings. The molecule has 4 N–H and O–H groups in total. The number of carbonyl (C=O) groups is 1. The molecule has 116 valence electrons. The number of hydrogen-bond donors (Lipinski definition) is 3. The van der Waals surface area contributed by atoms with Crippen LogP contribution in [0.4, 0.5) is 11.4 Å². The van der Waals surface area contributed by atoms with Crippen molar-refractivity contribution in [1.29, 1.82) is 0 Å². The molecule has 1 aliphatic heterocycles. The number of carbonyl (C=O) groups excluding carboxylic acids is 1. The van der Waals surface area contributed by atoms with Crippen molar-refractivity contribution in [2.75, 3.05) is 23.1 Å². The number of anilines is 2. The molecule has 0 aromatic heterocycles. The van der Waals surface area contributed by atoms with Crippen LogP contribution in [0.2, 0.25) is 0 Å². The summed E-state index contributed by atoms with van der Waals surface area (Å²) in [6.45, 7) is 3.06. The van der Waals surface area contributed by atoms with Crippen LogP contribution >= 0.6 is 0 Å². The summed E-state index contributed by atoms with van der Waals surface area (Å²) in [6, 6.07) is 7.22. The number of benzene rings is 1. The highest BCUT2D eigenvalue weighted by Gasteiger charge is 2.20. The first-order valence-corrected chi connectivity index (χ1v) is 8.31. The zero-order valence-electron chi connectivity index (χ0n) is 11.9. The van der Waals surface area contributed by atoms with E-state index in [1.54, 1.807) is 25.1 Å². The van der Waals surface area contributed by atoms with Crippen molar-refractivity contribution in [3.63, 3.8) is 0 Å². The maximum absolute atomic E-state index is 11.3. The summed E-state index contributed by atoms with van der Waals surface area (Å²) in [5.74, 6) is 0.104. The summed E-state index contributed by atoms with van der Waals surface area (Å²) in [7, 11) is -3.77. The number of rotatable bonds is 4. The second kappa shape index (κ2) is 6.31. The molecule has 0 atom stereocenters. The van der Waals surface area contributed by atoms with Crippen LogP contribution in [0.25, 0.3) is 0 Å². The van der Waals surface area contributed by atoms with E-state index in [1.165, 1.54) is 0 Å². The van der Waals surface area contributed by atoms with E-state index in [0.717, 1.165) is 31.6 Å². The normalized spacial score (nSPS) is 16.6. The zero-order chi connectivity index (χ0) is 15.5. The van der Waals surface area contributed by atoms with Gasteiger partial charge in [-0.3, -0.25) is 9.52 Å². The lowest BCUT2D eigenvalue weighted by atomic mass is 10.0. The Balaban J connectivity index is 1.95. The van der Waals surface area contributed by atoms with Crippen molar-refractivity contribution >= 4 is 27.5 Å². The van der Waals surface area contributed by atoms with Crippen molar-refractivity contribution < 1.29 is 13.2 Å². The minimum absolute atomic E-state index is 0.104. The van der Waals surface area contributed by atoms with Crippen molar-refractivity contribution in [1.82, 2.24) is 4.90 Å². The van der Waals surface area contributed by atoms with Crippen molar-refractivity contribution in [3.05, 3.63) is 24.3 Å². The molecule has 1 amide bonds. The summed E-state index contributed by atoms with van der Waals surface area (Å²) < 4.78 is 24.3. The first-order chi connectivity index (χ1) is 9.83. The fourth-order valence-corrected chi connectivity index (χ4v) is 2.87. The van der Waals surface area contributed by atoms with E-state index in [4.69, 9.17) is 5.14 Å². The monoisotopic (exact) mass is 312 g/mol. The van der Waals surface area contributed by atoms with Gasteiger partial charge >= 0.3 is 0 Å². The fraction of sp³-hybridized carbons (Fsp3) is 0.462. The van der Waals surface area contributed by atoms with Crippen LogP contribution in [-0.4, -0.2) is 38.4 Å². The summed E-state index contributed by atoms with van der Waals surface area (Å²) in [5, 5.41) is 8.30. The van der Waals surface area contributed by atoms with E-state index in [-0.39, 0.29) is 11.9 Å². The minimum atomic E-state index is -3.77. The molecule has 1 saturated heterocycles. The van der Waals surface area contributed by atoms with Gasteiger partial charge in [-0.25, -0.2) is 5.14 Å². The molecule has 7 nitrogen and oxygen atoms in total. The second-order valence-electron chi connectivity index (χ2n) is 5.15. The number of nitrogens with zero attached hydrogens (tertiary/aromatic N) is 1. The molecular weight excluding hydrogens is 292 g/mol. The SMILES string of the molecule is CC(=O)N1CCC(Nc2cccc(NS(N)(=O)=O)c2)CC1. The standard InChI is InChI=1S/C13H20N4O3S/c1-10(18)17-7-5-11(6-8-17)15-12-3-2-4-13(9-12)16-21(14,19)20/h2-4,9,11,15-16H,5-8H2,1H3,(H2,14,19,20). The van der Waals surface area contributed by atoms with Gasteiger partial charge in [0, 0.05) is 31.7 Å². The number of hydrogen-bond acceptors (Lipinski definition) is 4. The molecule has 0 bridgehead atoms. The lowest BCUT2D eigenvalue weighted by molar-refractivity contribution is -0.129. The van der Waals surface area contributed by atoms with Gasteiger partial charge in [0.25, 0.3) is 10.2 Å². The number of piperidine rings is 1. The number of nitrogens with two attached hydrogens (primary N) is 1. The lowest BCUT2D eigenvalue weighted by Gasteiger charge is -2.32. The van der Waals surface area contributed by atoms with Gasteiger partial charge in [-0.2, -0.15) is 8.42 Å². The Labute approximate surface area is 124 Å². The third-order valence-electron chi connectivity index (χ3n) is 3.43. The van der Waals surface area contributed by atoms with Crippen LogP contribution in [0.5, 0.6) is 0 Å². The van der Waals surface area contributed by atoms with E-state index < -0.39 is 10.2 Å². The van der Waals surface area contributed by atoms with E-state index in [9.17, 15) is 13.2 Å². The average Bonchev–Trinajstić information content (AvgIpc) is 2.37. The fourth-order valence-electron chi connectivity index (χ4n) is 2.41. The van der Waals surface area contributed by atoms with E-state index in [0.29, 0.717) is 5.69 Å². The molecule has 0 saturated carbocycles. The molecule has 0 unspecified atom stereocenters. The van der Waals surface area contributed by atoms with E-state index >= 15 is 0 Å². The van der Waals surface area contributed by atoms with Gasteiger partial charge in [0.2, 0.25) is 5.91 Å². The summed E-state index contributed by atoms with van der Waals surface area (Å²) >= 11 is 0. The molecule has 21 heavy (non-hydrogen) atoms. The molecule has 0 spiro atoms. The van der Waals surface area contributed by atoms with Gasteiger partial charge in [-0.1, -0.05) is 6.07 Å². The molecule has 8 heteroatoms. The topological polar surface area (TPSA) is 105 Å². The van der Waals surface area contributed by atoms with Crippen molar-refractivity contribution in [2.45, 2.75) is 25.8 Å². The number of amides is 1. The molecule has 0 radical (unpaired) electrons. The van der Waals surface area contributed by atoms with Crippen LogP contribution in [-0.2, 0) is 15.0 Å². The average molecular weight is 312 g/mol. The minimum Gasteiger partial charge on any atom is -0.382 e. The van der Waals surface area contributed by atoms with Gasteiger partial charge in [-0.05, 0) is 31.0 Å². The highest BCUT2D eigenvalue weighted by molar-refractivity contribution is 7.90. The Morgan fingerprint density at radius 1 is 1.29 bits per heavy atom. The van der Waals surface area contributed by atoms with Gasteiger partial charge in [0.1, 0.15) is 0 Å². The van der Waals surface area contributed by atoms with E-state index in [2.05, 4.69) is 10.0 Å². The molecular formula is C13H20N4O3S. The second-order valence-corrected chi connectivity index (χ2v) is 6.45. The Morgan fingerprint density at radius 3 is 2.48 bits per heavy atom. The molecule has 1 heterocycles. The van der Waals surface area contributed by atoms with Crippen molar-refractivity contribution in [3.8, 4) is 0 Å². The maximum atomic E-state index is 11.3. The van der Waals surface area contributed by atoms with Crippen molar-refractivity contribution in [2.24, 2.45) is 5.14 Å². The quantitative estimate of drug-likeness (QED) is 0.762. The lowest BCUT2D eigenvalue weighted by Crippen LogP contribution is -2.41. The van der Waals surface area contributed by atoms with Gasteiger partial charge < -0.3 is 10.2 Å². The third kappa shape index (κ3) is 4.91. The Hall–Kier alpha value is -1.80. The summed E-state index contributed by atoms with van der Waals surface area (Å²) in [5.41, 5.74) is 1.24. The summed E-state index contributed by atoms with van der Waals surface area (Å²) in [4.78, 5) is 13.1. The number of likely N-dealkylation sites (tertiary alicyclic amines) is 1. The van der Waals surface area contributed by atoms with Crippen LogP contribution < -0.4 is 15.2 Å². The zero-order valence-corrected chi connectivity index (χ0v) is 12.7. The molecule has 1 aromatic carbocycles. The largest absolute Gasteiger partial charge is 0.382 e. The molecule has 1 fully saturated rings. The molecule has 2 rings (SSSR count). The maximum Gasteiger partial charge on any atom is 0.296 e. The Morgan fingerprint density at radius 2 is 1.90 bits per heavy atom. The molecule has 1 aromatic rings. The predicted molar refractivity (Wildman–Crippen MR) is 82.1 cm³/mol. The van der Waals surface area contributed by atoms with Gasteiger partial charge in [0.05, 0.1) is 5.69 Å². The van der Waals surface area contributed by atoms with Gasteiger partial charge in [-0.15, -0.1) is 0 Å². The third-order valence-corrected chi connectivity index (χ3v) is 3.95. The summed E-state index contributed by atoms with van der Waals surface area (Å²) in [6.07, 6.45) is 1.73. The molecule has 0 aliphatic carbocycles. The first kappa shape index (κ1) is 15.6. The Bertz CT molecular complexity index is 610.